The lowest BCUT2D eigenvalue weighted by atomic mass is 10.1. The van der Waals surface area contributed by atoms with Crippen LogP contribution in [0.3, 0.4) is 0 Å². The van der Waals surface area contributed by atoms with Gasteiger partial charge in [0, 0.05) is 0 Å². The van der Waals surface area contributed by atoms with Gasteiger partial charge in [-0.05, 0) is 5.56 Å². The third-order valence-corrected chi connectivity index (χ3v) is 1.72. The molecule has 1 aromatic rings. The van der Waals surface area contributed by atoms with Gasteiger partial charge in [0.2, 0.25) is 5.91 Å². The van der Waals surface area contributed by atoms with Crippen LogP contribution < -0.4 is 11.3 Å². The van der Waals surface area contributed by atoms with Crippen LogP contribution in [0.4, 0.5) is 0 Å². The van der Waals surface area contributed by atoms with Crippen LogP contribution in [0.25, 0.3) is 0 Å². The normalized spacial score (nSPS) is 12.2. The first-order chi connectivity index (χ1) is 6.24. The van der Waals surface area contributed by atoms with E-state index in [4.69, 9.17) is 5.84 Å². The highest BCUT2D eigenvalue weighted by molar-refractivity contribution is 5.75. The predicted molar refractivity (Wildman–Crippen MR) is 48.3 cm³/mol. The summed E-state index contributed by atoms with van der Waals surface area (Å²) in [7, 11) is 0. The Morgan fingerprint density at radius 1 is 1.46 bits per heavy atom. The van der Waals surface area contributed by atoms with Gasteiger partial charge < -0.3 is 5.11 Å². The number of nitrogens with one attached hydrogen (secondary N) is 1. The fourth-order valence-electron chi connectivity index (χ4n) is 1.03. The SMILES string of the molecule is NNC(=O)CC(O)c1ccccc1. The first-order valence-corrected chi connectivity index (χ1v) is 3.96. The van der Waals surface area contributed by atoms with Gasteiger partial charge in [0.05, 0.1) is 12.5 Å². The Bertz CT molecular complexity index is 274. The molecule has 1 rings (SSSR count). The molecule has 0 aromatic heterocycles. The van der Waals surface area contributed by atoms with E-state index in [9.17, 15) is 9.90 Å². The molecule has 1 amide bonds. The summed E-state index contributed by atoms with van der Waals surface area (Å²) in [5.74, 6) is 4.51. The van der Waals surface area contributed by atoms with E-state index >= 15 is 0 Å². The number of hydrazine groups is 1. The Balaban J connectivity index is 2.59. The van der Waals surface area contributed by atoms with E-state index in [1.165, 1.54) is 0 Å². The van der Waals surface area contributed by atoms with Crippen LogP contribution in [0.1, 0.15) is 18.1 Å². The van der Waals surface area contributed by atoms with Crippen LogP contribution in [0, 0.1) is 0 Å². The molecule has 0 aliphatic heterocycles. The number of carbonyl (C=O) groups is 1. The largest absolute Gasteiger partial charge is 0.388 e. The Morgan fingerprint density at radius 3 is 2.62 bits per heavy atom. The molecule has 0 radical (unpaired) electrons. The fraction of sp³-hybridized carbons (Fsp3) is 0.222. The molecule has 70 valence electrons. The van der Waals surface area contributed by atoms with Gasteiger partial charge in [0.25, 0.3) is 0 Å². The standard InChI is InChI=1S/C9H12N2O2/c10-11-9(13)6-8(12)7-4-2-1-3-5-7/h1-5,8,12H,6,10H2,(H,11,13). The van der Waals surface area contributed by atoms with E-state index in [2.05, 4.69) is 0 Å². The van der Waals surface area contributed by atoms with Crippen LogP contribution in [-0.4, -0.2) is 11.0 Å². The Kier molecular flexibility index (Phi) is 3.42. The van der Waals surface area contributed by atoms with Gasteiger partial charge in [-0.3, -0.25) is 10.2 Å². The maximum absolute atomic E-state index is 10.8. The summed E-state index contributed by atoms with van der Waals surface area (Å²) in [5, 5.41) is 9.51. The Morgan fingerprint density at radius 2 is 2.08 bits per heavy atom. The number of hydrogen-bond donors (Lipinski definition) is 3. The molecule has 0 heterocycles. The molecule has 4 heteroatoms. The van der Waals surface area contributed by atoms with Crippen LogP contribution in [-0.2, 0) is 4.79 Å². The second-order valence-electron chi connectivity index (χ2n) is 2.70. The van der Waals surface area contributed by atoms with Gasteiger partial charge in [-0.15, -0.1) is 0 Å². The van der Waals surface area contributed by atoms with Crippen LogP contribution >= 0.6 is 0 Å². The van der Waals surface area contributed by atoms with Crippen molar-refractivity contribution in [1.29, 1.82) is 0 Å². The maximum atomic E-state index is 10.8. The van der Waals surface area contributed by atoms with Gasteiger partial charge in [-0.1, -0.05) is 30.3 Å². The molecule has 0 saturated heterocycles. The zero-order valence-corrected chi connectivity index (χ0v) is 7.10. The minimum atomic E-state index is -0.787. The highest BCUT2D eigenvalue weighted by atomic mass is 16.3. The number of carbonyl (C=O) groups excluding carboxylic acids is 1. The van der Waals surface area contributed by atoms with Gasteiger partial charge in [0.15, 0.2) is 0 Å². The summed E-state index contributed by atoms with van der Waals surface area (Å²) in [6, 6.07) is 8.97. The van der Waals surface area contributed by atoms with Crippen LogP contribution in [0.15, 0.2) is 30.3 Å². The van der Waals surface area contributed by atoms with E-state index in [0.29, 0.717) is 5.56 Å². The van der Waals surface area contributed by atoms with Gasteiger partial charge in [-0.25, -0.2) is 5.84 Å². The van der Waals surface area contributed by atoms with E-state index in [1.54, 1.807) is 24.3 Å². The van der Waals surface area contributed by atoms with Crippen molar-refractivity contribution < 1.29 is 9.90 Å². The second kappa shape index (κ2) is 4.59. The highest BCUT2D eigenvalue weighted by Gasteiger charge is 2.10. The van der Waals surface area contributed by atoms with Crippen molar-refractivity contribution in [2.75, 3.05) is 0 Å². The number of nitrogens with two attached hydrogens (primary N) is 1. The average molecular weight is 180 g/mol. The molecule has 0 spiro atoms. The molecule has 1 unspecified atom stereocenters. The van der Waals surface area contributed by atoms with Crippen LogP contribution in [0.5, 0.6) is 0 Å². The zero-order valence-electron chi connectivity index (χ0n) is 7.10. The third-order valence-electron chi connectivity index (χ3n) is 1.72. The average Bonchev–Trinajstić information content (AvgIpc) is 2.19. The van der Waals surface area contributed by atoms with Gasteiger partial charge >= 0.3 is 0 Å². The molecular formula is C9H12N2O2. The molecule has 0 bridgehead atoms. The lowest BCUT2D eigenvalue weighted by Crippen LogP contribution is -2.31. The summed E-state index contributed by atoms with van der Waals surface area (Å²) < 4.78 is 0. The number of benzene rings is 1. The zero-order chi connectivity index (χ0) is 9.68. The molecule has 4 N–H and O–H groups in total. The monoisotopic (exact) mass is 180 g/mol. The van der Waals surface area contributed by atoms with Crippen molar-refractivity contribution in [3.8, 4) is 0 Å². The molecule has 0 fully saturated rings. The topological polar surface area (TPSA) is 75.3 Å². The highest BCUT2D eigenvalue weighted by Crippen LogP contribution is 2.14. The first-order valence-electron chi connectivity index (χ1n) is 3.96. The van der Waals surface area contributed by atoms with Crippen molar-refractivity contribution in [1.82, 2.24) is 5.43 Å². The molecule has 0 saturated carbocycles. The summed E-state index contributed by atoms with van der Waals surface area (Å²) in [4.78, 5) is 10.8. The predicted octanol–water partition coefficient (Wildman–Crippen LogP) is 0.1000. The van der Waals surface area contributed by atoms with E-state index < -0.39 is 6.10 Å². The van der Waals surface area contributed by atoms with Crippen molar-refractivity contribution in [2.45, 2.75) is 12.5 Å². The Labute approximate surface area is 76.3 Å². The quantitative estimate of drug-likeness (QED) is 0.351. The number of hydrogen-bond acceptors (Lipinski definition) is 3. The molecular weight excluding hydrogens is 168 g/mol. The molecule has 0 aliphatic carbocycles. The molecule has 4 nitrogen and oxygen atoms in total. The third kappa shape index (κ3) is 2.85. The van der Waals surface area contributed by atoms with Gasteiger partial charge in [-0.2, -0.15) is 0 Å². The first kappa shape index (κ1) is 9.70. The molecule has 13 heavy (non-hydrogen) atoms. The van der Waals surface area contributed by atoms with Crippen LogP contribution in [0.2, 0.25) is 0 Å². The minimum absolute atomic E-state index is 0.0134. The number of aliphatic hydroxyl groups is 1. The smallest absolute Gasteiger partial charge is 0.236 e. The number of aliphatic hydroxyl groups excluding tert-OH is 1. The second-order valence-corrected chi connectivity index (χ2v) is 2.70. The number of rotatable bonds is 3. The minimum Gasteiger partial charge on any atom is -0.388 e. The molecule has 0 aliphatic rings. The van der Waals surface area contributed by atoms with E-state index in [0.717, 1.165) is 0 Å². The van der Waals surface area contributed by atoms with E-state index in [-0.39, 0.29) is 12.3 Å². The van der Waals surface area contributed by atoms with Crippen molar-refractivity contribution in [3.05, 3.63) is 35.9 Å². The van der Waals surface area contributed by atoms with Crippen molar-refractivity contribution in [2.24, 2.45) is 5.84 Å². The van der Waals surface area contributed by atoms with Crippen molar-refractivity contribution in [3.63, 3.8) is 0 Å². The van der Waals surface area contributed by atoms with E-state index in [1.807, 2.05) is 11.5 Å². The molecule has 1 atom stereocenters. The summed E-state index contributed by atoms with van der Waals surface area (Å²) in [5.41, 5.74) is 2.68. The summed E-state index contributed by atoms with van der Waals surface area (Å²) >= 11 is 0. The fourth-order valence-corrected chi connectivity index (χ4v) is 1.03. The molecule has 1 aromatic carbocycles. The van der Waals surface area contributed by atoms with Crippen molar-refractivity contribution >= 4 is 5.91 Å². The lowest BCUT2D eigenvalue weighted by molar-refractivity contribution is -0.123. The number of amides is 1. The lowest BCUT2D eigenvalue weighted by Gasteiger charge is -2.08. The van der Waals surface area contributed by atoms with Gasteiger partial charge in [0.1, 0.15) is 0 Å². The Hall–Kier alpha value is -1.39. The summed E-state index contributed by atoms with van der Waals surface area (Å²) in [6.45, 7) is 0. The summed E-state index contributed by atoms with van der Waals surface area (Å²) in [6.07, 6.45) is -0.801. The maximum Gasteiger partial charge on any atom is 0.236 e.